The third-order valence-corrected chi connectivity index (χ3v) is 4.26. The van der Waals surface area contributed by atoms with Gasteiger partial charge in [0.2, 0.25) is 0 Å². The predicted molar refractivity (Wildman–Crippen MR) is 65.1 cm³/mol. The number of rotatable bonds is 3. The third-order valence-electron chi connectivity index (χ3n) is 2.97. The van der Waals surface area contributed by atoms with Crippen molar-refractivity contribution in [1.29, 1.82) is 0 Å². The van der Waals surface area contributed by atoms with Crippen molar-refractivity contribution in [2.75, 3.05) is 0 Å². The van der Waals surface area contributed by atoms with E-state index in [2.05, 4.69) is 13.8 Å². The van der Waals surface area contributed by atoms with Crippen LogP contribution in [0, 0.1) is 5.92 Å². The molecule has 0 amide bonds. The highest BCUT2D eigenvalue weighted by molar-refractivity contribution is 7.11. The van der Waals surface area contributed by atoms with Gasteiger partial charge in [0.05, 0.1) is 10.7 Å². The molecule has 0 aliphatic heterocycles. The summed E-state index contributed by atoms with van der Waals surface area (Å²) in [5.41, 5.74) is 7.38. The number of nitrogens with two attached hydrogens (primary N) is 1. The molecule has 0 aromatic carbocycles. The number of hydrogen-bond acceptors (Lipinski definition) is 3. The lowest BCUT2D eigenvalue weighted by atomic mass is 9.99. The van der Waals surface area contributed by atoms with E-state index in [1.54, 1.807) is 0 Å². The lowest BCUT2D eigenvalue weighted by Gasteiger charge is -2.15. The Morgan fingerprint density at radius 3 is 3.00 bits per heavy atom. The fraction of sp³-hybridized carbons (Fsp3) is 0.750. The fourth-order valence-electron chi connectivity index (χ4n) is 2.02. The summed E-state index contributed by atoms with van der Waals surface area (Å²) in [6, 6.07) is 0.263. The van der Waals surface area contributed by atoms with Gasteiger partial charge in [-0.1, -0.05) is 13.8 Å². The summed E-state index contributed by atoms with van der Waals surface area (Å²) < 4.78 is 0. The zero-order valence-electron chi connectivity index (χ0n) is 9.62. The minimum Gasteiger partial charge on any atom is -0.323 e. The average molecular weight is 224 g/mol. The van der Waals surface area contributed by atoms with Gasteiger partial charge in [-0.3, -0.25) is 0 Å². The molecule has 3 heteroatoms. The smallest absolute Gasteiger partial charge is 0.0931 e. The molecule has 1 atom stereocenters. The van der Waals surface area contributed by atoms with Gasteiger partial charge < -0.3 is 5.73 Å². The van der Waals surface area contributed by atoms with E-state index in [9.17, 15) is 0 Å². The first-order valence-corrected chi connectivity index (χ1v) is 6.72. The number of aromatic nitrogens is 1. The maximum absolute atomic E-state index is 6.09. The Hall–Kier alpha value is -0.410. The van der Waals surface area contributed by atoms with Gasteiger partial charge in [-0.15, -0.1) is 11.3 Å². The van der Waals surface area contributed by atoms with Crippen LogP contribution in [-0.2, 0) is 12.8 Å². The molecule has 84 valence electrons. The molecule has 15 heavy (non-hydrogen) atoms. The van der Waals surface area contributed by atoms with Crippen LogP contribution in [0.3, 0.4) is 0 Å². The maximum atomic E-state index is 6.09. The zero-order chi connectivity index (χ0) is 10.8. The quantitative estimate of drug-likeness (QED) is 0.857. The molecule has 2 nitrogen and oxygen atoms in total. The van der Waals surface area contributed by atoms with Crippen LogP contribution in [0.4, 0.5) is 0 Å². The Labute approximate surface area is 95.9 Å². The van der Waals surface area contributed by atoms with Crippen molar-refractivity contribution in [1.82, 2.24) is 4.98 Å². The molecule has 0 saturated carbocycles. The van der Waals surface area contributed by atoms with E-state index in [1.807, 2.05) is 11.3 Å². The lowest BCUT2D eigenvalue weighted by molar-refractivity contribution is 0.569. The van der Waals surface area contributed by atoms with Crippen molar-refractivity contribution in [3.63, 3.8) is 0 Å². The Morgan fingerprint density at radius 2 is 2.33 bits per heavy atom. The molecule has 2 rings (SSSR count). The molecule has 1 aliphatic carbocycles. The van der Waals surface area contributed by atoms with Gasteiger partial charge >= 0.3 is 0 Å². The van der Waals surface area contributed by atoms with E-state index in [0.29, 0.717) is 0 Å². The molecule has 0 radical (unpaired) electrons. The first-order valence-electron chi connectivity index (χ1n) is 5.91. The molecule has 1 unspecified atom stereocenters. The summed E-state index contributed by atoms with van der Waals surface area (Å²) in [6.45, 7) is 4.53. The summed E-state index contributed by atoms with van der Waals surface area (Å²) >= 11 is 1.85. The van der Waals surface area contributed by atoms with Crippen LogP contribution in [-0.4, -0.2) is 4.98 Å². The van der Waals surface area contributed by atoms with Crippen molar-refractivity contribution < 1.29 is 0 Å². The SMILES string of the molecule is CC(C)CCc1nc2c(s1)C(N)CCC2. The Bertz CT molecular complexity index is 330. The van der Waals surface area contributed by atoms with Gasteiger partial charge in [0.15, 0.2) is 0 Å². The van der Waals surface area contributed by atoms with E-state index in [4.69, 9.17) is 10.7 Å². The molecule has 0 spiro atoms. The van der Waals surface area contributed by atoms with E-state index >= 15 is 0 Å². The standard InChI is InChI=1S/C12H20N2S/c1-8(2)6-7-11-14-10-5-3-4-9(13)12(10)15-11/h8-9H,3-7,13H2,1-2H3. The topological polar surface area (TPSA) is 38.9 Å². The zero-order valence-corrected chi connectivity index (χ0v) is 10.4. The second-order valence-electron chi connectivity index (χ2n) is 4.85. The van der Waals surface area contributed by atoms with Crippen molar-refractivity contribution in [2.24, 2.45) is 11.7 Å². The van der Waals surface area contributed by atoms with Gasteiger partial charge in [0.1, 0.15) is 0 Å². The van der Waals surface area contributed by atoms with Crippen LogP contribution in [0.1, 0.15) is 54.7 Å². The van der Waals surface area contributed by atoms with Crippen molar-refractivity contribution in [3.05, 3.63) is 15.6 Å². The van der Waals surface area contributed by atoms with E-state index < -0.39 is 0 Å². The third kappa shape index (κ3) is 2.58. The molecule has 2 N–H and O–H groups in total. The van der Waals surface area contributed by atoms with Crippen LogP contribution < -0.4 is 5.73 Å². The molecular formula is C12H20N2S. The van der Waals surface area contributed by atoms with E-state index in [-0.39, 0.29) is 6.04 Å². The van der Waals surface area contributed by atoms with Crippen LogP contribution in [0.15, 0.2) is 0 Å². The van der Waals surface area contributed by atoms with Gasteiger partial charge in [-0.25, -0.2) is 4.98 Å². The van der Waals surface area contributed by atoms with Crippen LogP contribution >= 0.6 is 11.3 Å². The van der Waals surface area contributed by atoms with Crippen LogP contribution in [0.2, 0.25) is 0 Å². The number of hydrogen-bond donors (Lipinski definition) is 1. The first kappa shape index (κ1) is 11.1. The molecule has 1 heterocycles. The van der Waals surface area contributed by atoms with Gasteiger partial charge in [-0.2, -0.15) is 0 Å². The highest BCUT2D eigenvalue weighted by Gasteiger charge is 2.21. The second-order valence-corrected chi connectivity index (χ2v) is 5.96. The molecule has 0 fully saturated rings. The Kier molecular flexibility index (Phi) is 3.42. The fourth-order valence-corrected chi connectivity index (χ4v) is 3.19. The van der Waals surface area contributed by atoms with Gasteiger partial charge in [0.25, 0.3) is 0 Å². The van der Waals surface area contributed by atoms with Crippen molar-refractivity contribution >= 4 is 11.3 Å². The largest absolute Gasteiger partial charge is 0.323 e. The molecule has 0 saturated heterocycles. The number of nitrogens with zero attached hydrogens (tertiary/aromatic N) is 1. The Morgan fingerprint density at radius 1 is 1.53 bits per heavy atom. The van der Waals surface area contributed by atoms with Crippen molar-refractivity contribution in [3.8, 4) is 0 Å². The molecule has 0 bridgehead atoms. The minimum atomic E-state index is 0.263. The van der Waals surface area contributed by atoms with E-state index in [1.165, 1.54) is 28.4 Å². The van der Waals surface area contributed by atoms with Crippen molar-refractivity contribution in [2.45, 2.75) is 52.0 Å². The number of fused-ring (bicyclic) bond motifs is 1. The van der Waals surface area contributed by atoms with Gasteiger partial charge in [0, 0.05) is 10.9 Å². The highest BCUT2D eigenvalue weighted by atomic mass is 32.1. The monoisotopic (exact) mass is 224 g/mol. The summed E-state index contributed by atoms with van der Waals surface area (Å²) in [5.74, 6) is 0.764. The number of aryl methyl sites for hydroxylation is 2. The lowest BCUT2D eigenvalue weighted by Crippen LogP contribution is -2.15. The normalized spacial score (nSPS) is 20.7. The molecule has 1 aromatic heterocycles. The maximum Gasteiger partial charge on any atom is 0.0931 e. The summed E-state index contributed by atoms with van der Waals surface area (Å²) in [7, 11) is 0. The second kappa shape index (κ2) is 4.62. The molecule has 1 aromatic rings. The summed E-state index contributed by atoms with van der Waals surface area (Å²) in [6.07, 6.45) is 5.85. The predicted octanol–water partition coefficient (Wildman–Crippen LogP) is 3.07. The highest BCUT2D eigenvalue weighted by Crippen LogP contribution is 2.33. The molecule has 1 aliphatic rings. The minimum absolute atomic E-state index is 0.263. The van der Waals surface area contributed by atoms with E-state index in [0.717, 1.165) is 25.2 Å². The molecular weight excluding hydrogens is 204 g/mol. The summed E-state index contributed by atoms with van der Waals surface area (Å²) in [4.78, 5) is 6.07. The number of thiazole rings is 1. The Balaban J connectivity index is 2.08. The summed E-state index contributed by atoms with van der Waals surface area (Å²) in [5, 5.41) is 1.30. The average Bonchev–Trinajstić information content (AvgIpc) is 2.59. The van der Waals surface area contributed by atoms with Gasteiger partial charge in [-0.05, 0) is 38.0 Å². The van der Waals surface area contributed by atoms with Crippen LogP contribution in [0.25, 0.3) is 0 Å². The van der Waals surface area contributed by atoms with Crippen LogP contribution in [0.5, 0.6) is 0 Å². The first-order chi connectivity index (χ1) is 7.16.